The standard InChI is InChI=1S/C22H23ClN2O4/c1-5-28-14-7-8-18-15(10-14)21(16(12-24-18)22(26)29-6-2)25-19-9-13(3)17(23)11-20(19)27-4/h7-12H,5-6H2,1-4H3,(H,24,25). The molecule has 2 aromatic carbocycles. The van der Waals surface area contributed by atoms with Crippen LogP contribution in [0, 0.1) is 6.92 Å². The summed E-state index contributed by atoms with van der Waals surface area (Å²) in [5.41, 5.74) is 3.15. The van der Waals surface area contributed by atoms with Crippen molar-refractivity contribution in [3.63, 3.8) is 0 Å². The summed E-state index contributed by atoms with van der Waals surface area (Å²) in [6, 6.07) is 9.16. The van der Waals surface area contributed by atoms with Crippen LogP contribution in [0.3, 0.4) is 0 Å². The lowest BCUT2D eigenvalue weighted by Gasteiger charge is -2.17. The van der Waals surface area contributed by atoms with Crippen molar-refractivity contribution < 1.29 is 19.0 Å². The fourth-order valence-electron chi connectivity index (χ4n) is 2.99. The Bertz CT molecular complexity index is 1050. The van der Waals surface area contributed by atoms with E-state index in [1.165, 1.54) is 6.20 Å². The summed E-state index contributed by atoms with van der Waals surface area (Å²) in [6.45, 7) is 6.37. The molecule has 0 aliphatic rings. The number of pyridine rings is 1. The summed E-state index contributed by atoms with van der Waals surface area (Å²) < 4.78 is 16.3. The first-order valence-electron chi connectivity index (χ1n) is 9.32. The number of hydrogen-bond donors (Lipinski definition) is 1. The lowest BCUT2D eigenvalue weighted by atomic mass is 10.1. The van der Waals surface area contributed by atoms with Crippen LogP contribution in [-0.2, 0) is 4.74 Å². The highest BCUT2D eigenvalue weighted by molar-refractivity contribution is 6.31. The van der Waals surface area contributed by atoms with Crippen LogP contribution in [0.1, 0.15) is 29.8 Å². The molecule has 0 bridgehead atoms. The van der Waals surface area contributed by atoms with Crippen molar-refractivity contribution >= 4 is 39.8 Å². The van der Waals surface area contributed by atoms with Gasteiger partial charge in [-0.2, -0.15) is 0 Å². The number of nitrogens with one attached hydrogen (secondary N) is 1. The predicted octanol–water partition coefficient (Wildman–Crippen LogP) is 5.52. The van der Waals surface area contributed by atoms with Gasteiger partial charge in [-0.15, -0.1) is 0 Å². The van der Waals surface area contributed by atoms with Crippen molar-refractivity contribution in [2.75, 3.05) is 25.6 Å². The second-order valence-corrected chi connectivity index (χ2v) is 6.71. The largest absolute Gasteiger partial charge is 0.495 e. The van der Waals surface area contributed by atoms with E-state index < -0.39 is 5.97 Å². The molecule has 0 amide bonds. The van der Waals surface area contributed by atoms with Gasteiger partial charge in [0.15, 0.2) is 0 Å². The van der Waals surface area contributed by atoms with E-state index in [1.807, 2.05) is 38.1 Å². The Morgan fingerprint density at radius 3 is 2.66 bits per heavy atom. The van der Waals surface area contributed by atoms with Gasteiger partial charge in [0.1, 0.15) is 17.1 Å². The second-order valence-electron chi connectivity index (χ2n) is 6.31. The van der Waals surface area contributed by atoms with Crippen LogP contribution in [0.15, 0.2) is 36.5 Å². The number of nitrogens with zero attached hydrogens (tertiary/aromatic N) is 1. The molecule has 29 heavy (non-hydrogen) atoms. The number of methoxy groups -OCH3 is 1. The highest BCUT2D eigenvalue weighted by Gasteiger charge is 2.19. The summed E-state index contributed by atoms with van der Waals surface area (Å²) in [6.07, 6.45) is 1.51. The van der Waals surface area contributed by atoms with Crippen molar-refractivity contribution in [3.8, 4) is 11.5 Å². The average Bonchev–Trinajstić information content (AvgIpc) is 2.71. The van der Waals surface area contributed by atoms with E-state index in [0.29, 0.717) is 45.6 Å². The first-order valence-corrected chi connectivity index (χ1v) is 9.70. The fraction of sp³-hybridized carbons (Fsp3) is 0.273. The average molecular weight is 415 g/mol. The minimum absolute atomic E-state index is 0.263. The molecular formula is C22H23ClN2O4. The lowest BCUT2D eigenvalue weighted by Crippen LogP contribution is -2.10. The number of carbonyl (C=O) groups is 1. The molecule has 3 aromatic rings. The topological polar surface area (TPSA) is 69.7 Å². The Kier molecular flexibility index (Phi) is 6.44. The van der Waals surface area contributed by atoms with Crippen molar-refractivity contribution in [3.05, 3.63) is 52.7 Å². The first kappa shape index (κ1) is 20.7. The molecule has 152 valence electrons. The van der Waals surface area contributed by atoms with Crippen LogP contribution in [-0.4, -0.2) is 31.3 Å². The van der Waals surface area contributed by atoms with Crippen molar-refractivity contribution in [2.45, 2.75) is 20.8 Å². The Hall–Kier alpha value is -2.99. The molecule has 0 spiro atoms. The van der Waals surface area contributed by atoms with Crippen LogP contribution in [0.4, 0.5) is 11.4 Å². The second kappa shape index (κ2) is 9.01. The van der Waals surface area contributed by atoms with Crippen molar-refractivity contribution in [2.24, 2.45) is 0 Å². The summed E-state index contributed by atoms with van der Waals surface area (Å²) in [5, 5.41) is 4.66. The van der Waals surface area contributed by atoms with E-state index in [4.69, 9.17) is 25.8 Å². The highest BCUT2D eigenvalue weighted by Crippen LogP contribution is 2.37. The maximum absolute atomic E-state index is 12.6. The first-order chi connectivity index (χ1) is 14.0. The smallest absolute Gasteiger partial charge is 0.341 e. The fourth-order valence-corrected chi connectivity index (χ4v) is 3.14. The van der Waals surface area contributed by atoms with Crippen LogP contribution in [0.2, 0.25) is 5.02 Å². The van der Waals surface area contributed by atoms with Gasteiger partial charge in [-0.3, -0.25) is 4.98 Å². The molecule has 0 radical (unpaired) electrons. The zero-order chi connectivity index (χ0) is 21.0. The molecular weight excluding hydrogens is 392 g/mol. The van der Waals surface area contributed by atoms with E-state index in [1.54, 1.807) is 20.1 Å². The normalized spacial score (nSPS) is 10.7. The van der Waals surface area contributed by atoms with E-state index in [-0.39, 0.29) is 6.61 Å². The van der Waals surface area contributed by atoms with Gasteiger partial charge in [-0.05, 0) is 50.6 Å². The number of halogens is 1. The van der Waals surface area contributed by atoms with E-state index in [2.05, 4.69) is 10.3 Å². The van der Waals surface area contributed by atoms with Crippen molar-refractivity contribution in [1.82, 2.24) is 4.98 Å². The number of benzene rings is 2. The molecule has 0 aliphatic heterocycles. The number of ether oxygens (including phenoxy) is 3. The predicted molar refractivity (Wildman–Crippen MR) is 115 cm³/mol. The van der Waals surface area contributed by atoms with Crippen LogP contribution < -0.4 is 14.8 Å². The number of hydrogen-bond acceptors (Lipinski definition) is 6. The van der Waals surface area contributed by atoms with Gasteiger partial charge >= 0.3 is 5.97 Å². The quantitative estimate of drug-likeness (QED) is 0.513. The Labute approximate surface area is 174 Å². The number of carbonyl (C=O) groups excluding carboxylic acids is 1. The zero-order valence-electron chi connectivity index (χ0n) is 16.8. The maximum atomic E-state index is 12.6. The van der Waals surface area contributed by atoms with Gasteiger partial charge in [0, 0.05) is 22.7 Å². The van der Waals surface area contributed by atoms with Crippen molar-refractivity contribution in [1.29, 1.82) is 0 Å². The molecule has 1 aromatic heterocycles. The summed E-state index contributed by atoms with van der Waals surface area (Å²) >= 11 is 6.23. The molecule has 1 heterocycles. The molecule has 0 saturated heterocycles. The number of rotatable bonds is 7. The SMILES string of the molecule is CCOC(=O)c1cnc2ccc(OCC)cc2c1Nc1cc(C)c(Cl)cc1OC. The Morgan fingerprint density at radius 2 is 1.97 bits per heavy atom. The third kappa shape index (κ3) is 4.38. The van der Waals surface area contributed by atoms with Crippen LogP contribution in [0.25, 0.3) is 10.9 Å². The minimum Gasteiger partial charge on any atom is -0.495 e. The molecule has 0 saturated carbocycles. The van der Waals surface area contributed by atoms with Crippen LogP contribution >= 0.6 is 11.6 Å². The molecule has 6 nitrogen and oxygen atoms in total. The van der Waals surface area contributed by atoms with Crippen LogP contribution in [0.5, 0.6) is 11.5 Å². The number of aryl methyl sites for hydroxylation is 1. The molecule has 0 unspecified atom stereocenters. The third-order valence-electron chi connectivity index (χ3n) is 4.39. The molecule has 3 rings (SSSR count). The minimum atomic E-state index is -0.462. The summed E-state index contributed by atoms with van der Waals surface area (Å²) in [4.78, 5) is 17.0. The number of aromatic nitrogens is 1. The number of anilines is 2. The third-order valence-corrected chi connectivity index (χ3v) is 4.79. The number of fused-ring (bicyclic) bond motifs is 1. The van der Waals surface area contributed by atoms with Gasteiger partial charge in [0.05, 0.1) is 37.2 Å². The van der Waals surface area contributed by atoms with Gasteiger partial charge in [-0.1, -0.05) is 11.6 Å². The number of esters is 1. The van der Waals surface area contributed by atoms with E-state index >= 15 is 0 Å². The summed E-state index contributed by atoms with van der Waals surface area (Å²) in [7, 11) is 1.57. The monoisotopic (exact) mass is 414 g/mol. The molecule has 7 heteroatoms. The van der Waals surface area contributed by atoms with Gasteiger partial charge < -0.3 is 19.5 Å². The summed E-state index contributed by atoms with van der Waals surface area (Å²) in [5.74, 6) is 0.780. The molecule has 1 N–H and O–H groups in total. The Balaban J connectivity index is 2.22. The molecule has 0 aliphatic carbocycles. The van der Waals surface area contributed by atoms with E-state index in [9.17, 15) is 4.79 Å². The van der Waals surface area contributed by atoms with E-state index in [0.717, 1.165) is 10.9 Å². The maximum Gasteiger partial charge on any atom is 0.341 e. The lowest BCUT2D eigenvalue weighted by molar-refractivity contribution is 0.0527. The molecule has 0 fully saturated rings. The molecule has 0 atom stereocenters. The van der Waals surface area contributed by atoms with Gasteiger partial charge in [0.25, 0.3) is 0 Å². The van der Waals surface area contributed by atoms with Gasteiger partial charge in [0.2, 0.25) is 0 Å². The zero-order valence-corrected chi connectivity index (χ0v) is 17.6. The van der Waals surface area contributed by atoms with Gasteiger partial charge in [-0.25, -0.2) is 4.79 Å². The Morgan fingerprint density at radius 1 is 1.17 bits per heavy atom. The highest BCUT2D eigenvalue weighted by atomic mass is 35.5.